The van der Waals surface area contributed by atoms with E-state index in [1.54, 1.807) is 24.3 Å². The van der Waals surface area contributed by atoms with Gasteiger partial charge in [0.1, 0.15) is 0 Å². The molecular formula is C12H17O4P. The van der Waals surface area contributed by atoms with Gasteiger partial charge in [0.05, 0.1) is 5.16 Å². The van der Waals surface area contributed by atoms with E-state index in [0.717, 1.165) is 0 Å². The molecule has 0 saturated carbocycles. The van der Waals surface area contributed by atoms with Crippen LogP contribution in [0, 0.1) is 0 Å². The van der Waals surface area contributed by atoms with Crippen LogP contribution in [0.3, 0.4) is 0 Å². The van der Waals surface area contributed by atoms with E-state index in [2.05, 4.69) is 0 Å². The first-order valence-corrected chi connectivity index (χ1v) is 6.99. The van der Waals surface area contributed by atoms with Crippen molar-refractivity contribution < 1.29 is 19.1 Å². The summed E-state index contributed by atoms with van der Waals surface area (Å²) < 4.78 is 11.2. The molecule has 0 aliphatic heterocycles. The SMILES string of the molecule is CC(C)(CCC(=O)c1ccccc1)P(=O)(O)O. The van der Waals surface area contributed by atoms with Crippen molar-refractivity contribution in [3.63, 3.8) is 0 Å². The standard InChI is InChI=1S/C12H17O4P/c1-12(2,17(14,15)16)9-8-11(13)10-6-4-3-5-7-10/h3-7H,8-9H2,1-2H3,(H2,14,15,16). The lowest BCUT2D eigenvalue weighted by molar-refractivity contribution is 0.0976. The zero-order valence-electron chi connectivity index (χ0n) is 9.96. The highest BCUT2D eigenvalue weighted by Gasteiger charge is 2.37. The summed E-state index contributed by atoms with van der Waals surface area (Å²) in [4.78, 5) is 30.0. The van der Waals surface area contributed by atoms with Crippen molar-refractivity contribution >= 4 is 13.4 Å². The van der Waals surface area contributed by atoms with Gasteiger partial charge < -0.3 is 9.79 Å². The van der Waals surface area contributed by atoms with Crippen LogP contribution in [0.5, 0.6) is 0 Å². The molecule has 17 heavy (non-hydrogen) atoms. The van der Waals surface area contributed by atoms with Crippen LogP contribution in [-0.2, 0) is 4.57 Å². The van der Waals surface area contributed by atoms with Crippen LogP contribution in [-0.4, -0.2) is 20.7 Å². The first kappa shape index (κ1) is 14.1. The number of benzene rings is 1. The summed E-state index contributed by atoms with van der Waals surface area (Å²) in [5, 5.41) is -1.16. The lowest BCUT2D eigenvalue weighted by Gasteiger charge is -2.25. The Morgan fingerprint density at radius 2 is 1.76 bits per heavy atom. The largest absolute Gasteiger partial charge is 0.331 e. The molecule has 5 heteroatoms. The number of rotatable bonds is 5. The maximum Gasteiger partial charge on any atom is 0.331 e. The van der Waals surface area contributed by atoms with Crippen LogP contribution >= 0.6 is 7.60 Å². The van der Waals surface area contributed by atoms with Gasteiger partial charge in [-0.2, -0.15) is 0 Å². The Kier molecular flexibility index (Phi) is 4.26. The zero-order chi connectivity index (χ0) is 13.1. The minimum absolute atomic E-state index is 0.0906. The van der Waals surface area contributed by atoms with Crippen molar-refractivity contribution in [3.05, 3.63) is 35.9 Å². The Bertz CT molecular complexity index is 433. The molecule has 0 aliphatic rings. The molecule has 2 N–H and O–H groups in total. The van der Waals surface area contributed by atoms with Gasteiger partial charge in [0.25, 0.3) is 0 Å². The van der Waals surface area contributed by atoms with E-state index in [4.69, 9.17) is 9.79 Å². The van der Waals surface area contributed by atoms with Gasteiger partial charge in [-0.3, -0.25) is 9.36 Å². The van der Waals surface area contributed by atoms with Gasteiger partial charge in [-0.05, 0) is 20.3 Å². The molecule has 0 unspecified atom stereocenters. The van der Waals surface area contributed by atoms with Crippen molar-refractivity contribution in [2.24, 2.45) is 0 Å². The van der Waals surface area contributed by atoms with Gasteiger partial charge in [-0.15, -0.1) is 0 Å². The summed E-state index contributed by atoms with van der Waals surface area (Å²) in [5.41, 5.74) is 0.578. The predicted octanol–water partition coefficient (Wildman–Crippen LogP) is 2.61. The van der Waals surface area contributed by atoms with Gasteiger partial charge in [-0.1, -0.05) is 30.3 Å². The molecule has 0 heterocycles. The lowest BCUT2D eigenvalue weighted by atomic mass is 10.0. The highest BCUT2D eigenvalue weighted by atomic mass is 31.2. The number of ketones is 1. The fraction of sp³-hybridized carbons (Fsp3) is 0.417. The number of Topliss-reactive ketones (excluding diaryl/α,β-unsaturated/α-hetero) is 1. The molecule has 0 radical (unpaired) electrons. The first-order chi connectivity index (χ1) is 7.74. The van der Waals surface area contributed by atoms with E-state index < -0.39 is 12.8 Å². The third-order valence-corrected chi connectivity index (χ3v) is 4.65. The maximum absolute atomic E-state index is 11.8. The zero-order valence-corrected chi connectivity index (χ0v) is 10.9. The molecule has 0 atom stereocenters. The van der Waals surface area contributed by atoms with E-state index in [9.17, 15) is 9.36 Å². The molecule has 0 amide bonds. The number of carbonyl (C=O) groups excluding carboxylic acids is 1. The third kappa shape index (κ3) is 3.77. The minimum atomic E-state index is -4.17. The third-order valence-electron chi connectivity index (χ3n) is 2.85. The van der Waals surface area contributed by atoms with Crippen LogP contribution < -0.4 is 0 Å². The Morgan fingerprint density at radius 1 is 1.24 bits per heavy atom. The van der Waals surface area contributed by atoms with Crippen LogP contribution in [0.4, 0.5) is 0 Å². The van der Waals surface area contributed by atoms with E-state index in [1.807, 2.05) is 6.07 Å². The first-order valence-electron chi connectivity index (χ1n) is 5.38. The quantitative estimate of drug-likeness (QED) is 0.627. The fourth-order valence-electron chi connectivity index (χ4n) is 1.33. The summed E-state index contributed by atoms with van der Waals surface area (Å²) in [7, 11) is -4.17. The molecule has 0 fully saturated rings. The molecule has 0 bridgehead atoms. The number of hydrogen-bond acceptors (Lipinski definition) is 2. The van der Waals surface area contributed by atoms with Crippen LogP contribution in [0.15, 0.2) is 30.3 Å². The molecule has 1 aromatic carbocycles. The second kappa shape index (κ2) is 5.13. The summed E-state index contributed by atoms with van der Waals surface area (Å²) in [5.74, 6) is -0.0906. The van der Waals surface area contributed by atoms with E-state index >= 15 is 0 Å². The molecule has 94 valence electrons. The smallest absolute Gasteiger partial charge is 0.324 e. The average Bonchev–Trinajstić information content (AvgIpc) is 2.25. The van der Waals surface area contributed by atoms with Crippen molar-refractivity contribution in [1.29, 1.82) is 0 Å². The fourth-order valence-corrected chi connectivity index (χ4v) is 1.74. The summed E-state index contributed by atoms with van der Waals surface area (Å²) in [6, 6.07) is 8.75. The highest BCUT2D eigenvalue weighted by Crippen LogP contribution is 2.52. The van der Waals surface area contributed by atoms with E-state index in [-0.39, 0.29) is 18.6 Å². The molecule has 1 rings (SSSR count). The monoisotopic (exact) mass is 256 g/mol. The number of carbonyl (C=O) groups is 1. The normalized spacial score (nSPS) is 12.5. The van der Waals surface area contributed by atoms with Crippen molar-refractivity contribution in [2.75, 3.05) is 0 Å². The predicted molar refractivity (Wildman–Crippen MR) is 66.1 cm³/mol. The summed E-state index contributed by atoms with van der Waals surface area (Å²) in [6.45, 7) is 2.96. The topological polar surface area (TPSA) is 74.6 Å². The molecule has 0 saturated heterocycles. The second-order valence-corrected chi connectivity index (χ2v) is 6.94. The highest BCUT2D eigenvalue weighted by molar-refractivity contribution is 7.53. The van der Waals surface area contributed by atoms with Gasteiger partial charge in [0.2, 0.25) is 0 Å². The van der Waals surface area contributed by atoms with Crippen molar-refractivity contribution in [3.8, 4) is 0 Å². The second-order valence-electron chi connectivity index (χ2n) is 4.65. The average molecular weight is 256 g/mol. The Labute approximate surface area is 101 Å². The Morgan fingerprint density at radius 3 is 2.24 bits per heavy atom. The lowest BCUT2D eigenvalue weighted by Crippen LogP contribution is -2.21. The van der Waals surface area contributed by atoms with E-state index in [0.29, 0.717) is 5.56 Å². The van der Waals surface area contributed by atoms with Crippen molar-refractivity contribution in [2.45, 2.75) is 31.8 Å². The summed E-state index contributed by atoms with van der Waals surface area (Å²) in [6.07, 6.45) is 0.313. The maximum atomic E-state index is 11.8. The molecular weight excluding hydrogens is 239 g/mol. The molecule has 4 nitrogen and oxygen atoms in total. The van der Waals surface area contributed by atoms with Crippen LogP contribution in [0.2, 0.25) is 0 Å². The van der Waals surface area contributed by atoms with Gasteiger partial charge >= 0.3 is 7.60 Å². The van der Waals surface area contributed by atoms with E-state index in [1.165, 1.54) is 13.8 Å². The summed E-state index contributed by atoms with van der Waals surface area (Å²) >= 11 is 0. The van der Waals surface area contributed by atoms with Crippen LogP contribution in [0.25, 0.3) is 0 Å². The van der Waals surface area contributed by atoms with Gasteiger partial charge in [0.15, 0.2) is 5.78 Å². The molecule has 0 aromatic heterocycles. The van der Waals surface area contributed by atoms with Gasteiger partial charge in [-0.25, -0.2) is 0 Å². The number of hydrogen-bond donors (Lipinski definition) is 2. The Balaban J connectivity index is 2.64. The van der Waals surface area contributed by atoms with Crippen LogP contribution in [0.1, 0.15) is 37.0 Å². The Hall–Kier alpha value is -0.960. The molecule has 1 aromatic rings. The molecule has 0 spiro atoms. The van der Waals surface area contributed by atoms with Crippen molar-refractivity contribution in [1.82, 2.24) is 0 Å². The van der Waals surface area contributed by atoms with Gasteiger partial charge in [0, 0.05) is 12.0 Å². The minimum Gasteiger partial charge on any atom is -0.324 e. The molecule has 0 aliphatic carbocycles.